The monoisotopic (exact) mass is 456 g/mol. The average molecular weight is 457 g/mol. The highest BCUT2D eigenvalue weighted by atomic mass is 79.9. The van der Waals surface area contributed by atoms with Crippen LogP contribution in [0.15, 0.2) is 32.3 Å². The zero-order chi connectivity index (χ0) is 21.0. The van der Waals surface area contributed by atoms with E-state index in [4.69, 9.17) is 10.5 Å². The topological polar surface area (TPSA) is 110 Å². The Kier molecular flexibility index (Phi) is 7.14. The lowest BCUT2D eigenvalue weighted by molar-refractivity contribution is 0.0971. The molecule has 0 atom stereocenters. The van der Waals surface area contributed by atoms with Crippen molar-refractivity contribution >= 4 is 33.3 Å². The van der Waals surface area contributed by atoms with Crippen LogP contribution in [-0.4, -0.2) is 35.7 Å². The fourth-order valence-electron chi connectivity index (χ4n) is 2.69. The van der Waals surface area contributed by atoms with Gasteiger partial charge in [-0.2, -0.15) is 0 Å². The molecule has 0 aliphatic heterocycles. The maximum absolute atomic E-state index is 14.3. The predicted molar refractivity (Wildman–Crippen MR) is 108 cm³/mol. The summed E-state index contributed by atoms with van der Waals surface area (Å²) in [6, 6.07) is 3.90. The van der Waals surface area contributed by atoms with Crippen LogP contribution in [0.5, 0.6) is 0 Å². The summed E-state index contributed by atoms with van der Waals surface area (Å²) in [5.74, 6) is -1.63. The van der Waals surface area contributed by atoms with Crippen molar-refractivity contribution in [1.29, 1.82) is 0 Å². The van der Waals surface area contributed by atoms with E-state index >= 15 is 0 Å². The minimum atomic E-state index is -0.831. The van der Waals surface area contributed by atoms with Gasteiger partial charge < -0.3 is 10.5 Å². The largest absolute Gasteiger partial charge is 0.383 e. The third-order valence-electron chi connectivity index (χ3n) is 3.95. The van der Waals surface area contributed by atoms with Crippen LogP contribution >= 0.6 is 15.9 Å². The molecule has 3 N–H and O–H groups in total. The molecule has 2 aromatic rings. The van der Waals surface area contributed by atoms with Gasteiger partial charge >= 0.3 is 5.69 Å². The van der Waals surface area contributed by atoms with Gasteiger partial charge in [0.25, 0.3) is 11.5 Å². The van der Waals surface area contributed by atoms with Gasteiger partial charge in [-0.25, -0.2) is 9.18 Å². The lowest BCUT2D eigenvalue weighted by atomic mass is 10.1. The van der Waals surface area contributed by atoms with Gasteiger partial charge in [-0.1, -0.05) is 29.8 Å². The van der Waals surface area contributed by atoms with E-state index in [1.165, 1.54) is 23.8 Å². The first-order valence-electron chi connectivity index (χ1n) is 8.55. The number of methoxy groups -OCH3 is 1. The first kappa shape index (κ1) is 21.8. The van der Waals surface area contributed by atoms with Gasteiger partial charge in [0, 0.05) is 24.7 Å². The van der Waals surface area contributed by atoms with Crippen LogP contribution in [0.3, 0.4) is 0 Å². The van der Waals surface area contributed by atoms with Crippen molar-refractivity contribution in [3.8, 4) is 0 Å². The highest BCUT2D eigenvalue weighted by Crippen LogP contribution is 2.23. The third-order valence-corrected chi connectivity index (χ3v) is 4.45. The molecule has 28 heavy (non-hydrogen) atoms. The lowest BCUT2D eigenvalue weighted by Crippen LogP contribution is -2.43. The summed E-state index contributed by atoms with van der Waals surface area (Å²) in [5.41, 5.74) is 4.13. The van der Waals surface area contributed by atoms with Gasteiger partial charge in [0.15, 0.2) is 5.69 Å². The predicted octanol–water partition coefficient (Wildman–Crippen LogP) is 1.97. The van der Waals surface area contributed by atoms with Gasteiger partial charge in [0.2, 0.25) is 0 Å². The Labute approximate surface area is 169 Å². The molecule has 1 aromatic carbocycles. The number of carbonyl (C=O) groups excluding carboxylic acids is 1. The summed E-state index contributed by atoms with van der Waals surface area (Å²) < 4.78 is 21.0. The number of nitrogens with one attached hydrogen (secondary N) is 1. The molecule has 0 fully saturated rings. The zero-order valence-corrected chi connectivity index (χ0v) is 17.4. The number of benzene rings is 1. The Bertz CT molecular complexity index is 987. The number of amides is 1. The molecule has 2 rings (SSSR count). The van der Waals surface area contributed by atoms with E-state index < -0.39 is 23.0 Å². The molecule has 152 valence electrons. The molecule has 10 heteroatoms. The quantitative estimate of drug-likeness (QED) is 0.661. The highest BCUT2D eigenvalue weighted by Gasteiger charge is 2.27. The maximum atomic E-state index is 14.3. The fraction of sp³-hybridized carbons (Fsp3) is 0.389. The van der Waals surface area contributed by atoms with Crippen molar-refractivity contribution in [3.05, 3.63) is 54.9 Å². The minimum Gasteiger partial charge on any atom is -0.383 e. The number of anilines is 2. The molecule has 0 spiro atoms. The molecule has 0 saturated carbocycles. The lowest BCUT2D eigenvalue weighted by Gasteiger charge is -2.25. The van der Waals surface area contributed by atoms with Crippen molar-refractivity contribution < 1.29 is 13.9 Å². The van der Waals surface area contributed by atoms with Crippen LogP contribution in [0, 0.1) is 11.7 Å². The van der Waals surface area contributed by atoms with Crippen LogP contribution in [0.4, 0.5) is 15.9 Å². The van der Waals surface area contributed by atoms with Crippen LogP contribution in [-0.2, 0) is 11.3 Å². The molecule has 0 radical (unpaired) electrons. The first-order chi connectivity index (χ1) is 13.2. The molecule has 1 aromatic heterocycles. The molecule has 0 aliphatic rings. The van der Waals surface area contributed by atoms with Crippen molar-refractivity contribution in [2.24, 2.45) is 5.92 Å². The fourth-order valence-corrected chi connectivity index (χ4v) is 3.05. The number of nitrogen functional groups attached to an aromatic ring is 1. The number of ether oxygens (including phenoxy) is 1. The second kappa shape index (κ2) is 9.16. The minimum absolute atomic E-state index is 0.0596. The number of nitrogens with zero attached hydrogens (tertiary/aromatic N) is 2. The Morgan fingerprint density at radius 1 is 1.39 bits per heavy atom. The zero-order valence-electron chi connectivity index (χ0n) is 15.8. The Morgan fingerprint density at radius 3 is 2.68 bits per heavy atom. The number of nitrogens with two attached hydrogens (primary N) is 1. The normalized spacial score (nSPS) is 11.1. The Morgan fingerprint density at radius 2 is 2.07 bits per heavy atom. The highest BCUT2D eigenvalue weighted by molar-refractivity contribution is 9.10. The summed E-state index contributed by atoms with van der Waals surface area (Å²) in [5, 5.41) is 0. The second-order valence-electron chi connectivity index (χ2n) is 6.57. The second-order valence-corrected chi connectivity index (χ2v) is 7.49. The summed E-state index contributed by atoms with van der Waals surface area (Å²) in [6.45, 7) is 4.01. The number of carbonyl (C=O) groups is 1. The number of hydrogen-bond acceptors (Lipinski definition) is 5. The summed E-state index contributed by atoms with van der Waals surface area (Å²) in [6.07, 6.45) is 0. The van der Waals surface area contributed by atoms with E-state index in [0.717, 1.165) is 11.0 Å². The smallest absolute Gasteiger partial charge is 0.330 e. The van der Waals surface area contributed by atoms with Gasteiger partial charge in [-0.3, -0.25) is 24.0 Å². The van der Waals surface area contributed by atoms with Crippen LogP contribution in [0.25, 0.3) is 0 Å². The van der Waals surface area contributed by atoms with Gasteiger partial charge in [0.05, 0.1) is 12.2 Å². The van der Waals surface area contributed by atoms with Crippen molar-refractivity contribution in [2.45, 2.75) is 20.4 Å². The Balaban J connectivity index is 2.66. The van der Waals surface area contributed by atoms with Crippen molar-refractivity contribution in [3.63, 3.8) is 0 Å². The number of aromatic nitrogens is 2. The Hall–Kier alpha value is -2.46. The molecule has 0 bridgehead atoms. The summed E-state index contributed by atoms with van der Waals surface area (Å²) >= 11 is 3.20. The molecule has 1 heterocycles. The SMILES string of the molecule is COCCN(C(=O)c1cc(Br)ccc1F)c1c(N)n(CC(C)C)c(=O)[nH]c1=O. The molecule has 8 nitrogen and oxygen atoms in total. The van der Waals surface area contributed by atoms with Crippen molar-refractivity contribution in [1.82, 2.24) is 9.55 Å². The van der Waals surface area contributed by atoms with E-state index in [2.05, 4.69) is 20.9 Å². The van der Waals surface area contributed by atoms with Crippen LogP contribution in [0.2, 0.25) is 0 Å². The molecule has 0 aliphatic carbocycles. The van der Waals surface area contributed by atoms with Gasteiger partial charge in [-0.05, 0) is 24.1 Å². The number of rotatable bonds is 7. The van der Waals surface area contributed by atoms with E-state index in [1.807, 2.05) is 13.8 Å². The molecular weight excluding hydrogens is 435 g/mol. The summed E-state index contributed by atoms with van der Waals surface area (Å²) in [4.78, 5) is 40.9. The number of aromatic amines is 1. The average Bonchev–Trinajstić information content (AvgIpc) is 2.62. The van der Waals surface area contributed by atoms with E-state index in [9.17, 15) is 18.8 Å². The maximum Gasteiger partial charge on any atom is 0.330 e. The van der Waals surface area contributed by atoms with Gasteiger partial charge in [-0.15, -0.1) is 0 Å². The van der Waals surface area contributed by atoms with Crippen LogP contribution < -0.4 is 21.9 Å². The number of hydrogen-bond donors (Lipinski definition) is 2. The third kappa shape index (κ3) is 4.68. The molecule has 0 unspecified atom stereocenters. The van der Waals surface area contributed by atoms with Crippen molar-refractivity contribution in [2.75, 3.05) is 30.9 Å². The van der Waals surface area contributed by atoms with Gasteiger partial charge in [0.1, 0.15) is 11.6 Å². The number of H-pyrrole nitrogens is 1. The van der Waals surface area contributed by atoms with E-state index in [0.29, 0.717) is 4.47 Å². The van der Waals surface area contributed by atoms with E-state index in [-0.39, 0.29) is 42.7 Å². The van der Waals surface area contributed by atoms with E-state index in [1.54, 1.807) is 0 Å². The summed E-state index contributed by atoms with van der Waals surface area (Å²) in [7, 11) is 1.43. The number of halogens is 2. The van der Waals surface area contributed by atoms with Crippen LogP contribution in [0.1, 0.15) is 24.2 Å². The first-order valence-corrected chi connectivity index (χ1v) is 9.35. The molecule has 1 amide bonds. The standard InChI is InChI=1S/C18H22BrFN4O4/c1-10(2)9-24-15(21)14(16(25)22-18(24)27)23(6-7-28-3)17(26)12-8-11(19)4-5-13(12)20/h4-5,8,10H,6-7,9,21H2,1-3H3,(H,22,25,27). The molecular formula is C18H22BrFN4O4. The molecule has 0 saturated heterocycles.